The van der Waals surface area contributed by atoms with Crippen molar-refractivity contribution in [3.8, 4) is 11.8 Å². The first-order chi connectivity index (χ1) is 11.0. The second kappa shape index (κ2) is 6.17. The van der Waals surface area contributed by atoms with Crippen LogP contribution in [-0.4, -0.2) is 21.5 Å². The Labute approximate surface area is 140 Å². The van der Waals surface area contributed by atoms with Crippen molar-refractivity contribution in [1.82, 2.24) is 9.97 Å². The summed E-state index contributed by atoms with van der Waals surface area (Å²) in [7, 11) is 0. The van der Waals surface area contributed by atoms with E-state index in [0.29, 0.717) is 11.4 Å². The van der Waals surface area contributed by atoms with E-state index < -0.39 is 0 Å². The monoisotopic (exact) mass is 322 g/mol. The maximum absolute atomic E-state index is 11.2. The van der Waals surface area contributed by atoms with Crippen LogP contribution in [0.1, 0.15) is 54.5 Å². The molecule has 2 aromatic rings. The number of carbonyl (C=O) groups is 1. The number of benzene rings is 1. The number of ketones is 1. The van der Waals surface area contributed by atoms with E-state index in [2.05, 4.69) is 53.9 Å². The maximum atomic E-state index is 11.2. The van der Waals surface area contributed by atoms with Crippen molar-refractivity contribution < 1.29 is 4.79 Å². The van der Waals surface area contributed by atoms with Crippen LogP contribution in [0.2, 0.25) is 0 Å². The van der Waals surface area contributed by atoms with Gasteiger partial charge in [0.05, 0.1) is 12.4 Å². The Balaban J connectivity index is 1.88. The van der Waals surface area contributed by atoms with Crippen LogP contribution in [0.25, 0.3) is 0 Å². The summed E-state index contributed by atoms with van der Waals surface area (Å²) < 4.78 is 0. The fourth-order valence-corrected chi connectivity index (χ4v) is 4.01. The van der Waals surface area contributed by atoms with Crippen LogP contribution in [0, 0.1) is 11.8 Å². The third-order valence-corrected chi connectivity index (χ3v) is 5.12. The number of Topliss-reactive ketones (excluding diaryl/α,β-unsaturated/α-hetero) is 1. The van der Waals surface area contributed by atoms with Crippen LogP contribution in [-0.2, 0) is 5.41 Å². The van der Waals surface area contributed by atoms with E-state index in [1.165, 1.54) is 35.8 Å². The highest BCUT2D eigenvalue weighted by Gasteiger charge is 2.27. The number of rotatable bonds is 1. The van der Waals surface area contributed by atoms with Gasteiger partial charge in [0.2, 0.25) is 0 Å². The quantitative estimate of drug-likeness (QED) is 0.591. The average molecular weight is 322 g/mol. The molecule has 1 aliphatic rings. The summed E-state index contributed by atoms with van der Waals surface area (Å²) in [5.41, 5.74) is 3.49. The minimum Gasteiger partial charge on any atom is -0.293 e. The second-order valence-electron chi connectivity index (χ2n) is 6.29. The summed E-state index contributed by atoms with van der Waals surface area (Å²) >= 11 is 1.92. The molecule has 116 valence electrons. The van der Waals surface area contributed by atoms with Gasteiger partial charge in [-0.3, -0.25) is 4.79 Å². The number of hydrogen-bond donors (Lipinski definition) is 0. The average Bonchev–Trinajstić information content (AvgIpc) is 2.53. The van der Waals surface area contributed by atoms with Crippen LogP contribution < -0.4 is 0 Å². The van der Waals surface area contributed by atoms with Gasteiger partial charge in [-0.2, -0.15) is 0 Å². The van der Waals surface area contributed by atoms with Crippen LogP contribution in [0.3, 0.4) is 0 Å². The van der Waals surface area contributed by atoms with Gasteiger partial charge in [0.25, 0.3) is 0 Å². The topological polar surface area (TPSA) is 42.9 Å². The number of carbonyl (C=O) groups excluding carboxylic acids is 1. The van der Waals surface area contributed by atoms with Crippen molar-refractivity contribution in [2.75, 3.05) is 5.75 Å². The molecule has 0 radical (unpaired) electrons. The van der Waals surface area contributed by atoms with Crippen molar-refractivity contribution in [1.29, 1.82) is 0 Å². The van der Waals surface area contributed by atoms with Crippen LogP contribution >= 0.6 is 11.8 Å². The third kappa shape index (κ3) is 3.46. The Morgan fingerprint density at radius 1 is 1.22 bits per heavy atom. The molecule has 0 atom stereocenters. The molecular formula is C19H18N2OS. The van der Waals surface area contributed by atoms with E-state index >= 15 is 0 Å². The molecule has 3 rings (SSSR count). The first-order valence-corrected chi connectivity index (χ1v) is 8.57. The Kier molecular flexibility index (Phi) is 4.23. The van der Waals surface area contributed by atoms with Crippen LogP contribution in [0.4, 0.5) is 0 Å². The zero-order valence-corrected chi connectivity index (χ0v) is 14.3. The molecule has 0 N–H and O–H groups in total. The van der Waals surface area contributed by atoms with E-state index in [1.807, 2.05) is 11.8 Å². The van der Waals surface area contributed by atoms with Crippen LogP contribution in [0.15, 0.2) is 35.5 Å². The fourth-order valence-electron chi connectivity index (χ4n) is 2.52. The normalized spacial score (nSPS) is 15.3. The van der Waals surface area contributed by atoms with E-state index in [1.54, 1.807) is 6.20 Å². The number of thioether (sulfide) groups is 1. The van der Waals surface area contributed by atoms with E-state index in [4.69, 9.17) is 0 Å². The first-order valence-electron chi connectivity index (χ1n) is 7.58. The third-order valence-electron chi connectivity index (χ3n) is 4.04. The molecule has 4 heteroatoms. The van der Waals surface area contributed by atoms with E-state index in [0.717, 1.165) is 5.56 Å². The summed E-state index contributed by atoms with van der Waals surface area (Å²) in [5.74, 6) is 7.25. The Morgan fingerprint density at radius 3 is 2.74 bits per heavy atom. The van der Waals surface area contributed by atoms with Crippen molar-refractivity contribution >= 4 is 17.5 Å². The zero-order chi connectivity index (χ0) is 16.4. The molecule has 0 amide bonds. The number of aromatic nitrogens is 2. The number of fused-ring (bicyclic) bond motifs is 1. The lowest BCUT2D eigenvalue weighted by molar-refractivity contribution is 0.101. The molecule has 0 spiro atoms. The van der Waals surface area contributed by atoms with Gasteiger partial charge in [-0.15, -0.1) is 11.8 Å². The van der Waals surface area contributed by atoms with Gasteiger partial charge in [-0.05, 0) is 47.3 Å². The van der Waals surface area contributed by atoms with Gasteiger partial charge in [-0.1, -0.05) is 19.8 Å². The van der Waals surface area contributed by atoms with Gasteiger partial charge in [0, 0.05) is 17.4 Å². The lowest BCUT2D eigenvalue weighted by Crippen LogP contribution is -2.22. The predicted molar refractivity (Wildman–Crippen MR) is 92.8 cm³/mol. The van der Waals surface area contributed by atoms with Crippen molar-refractivity contribution in [2.24, 2.45) is 0 Å². The summed E-state index contributed by atoms with van der Waals surface area (Å²) in [5, 5.41) is 0. The highest BCUT2D eigenvalue weighted by atomic mass is 32.2. The van der Waals surface area contributed by atoms with E-state index in [-0.39, 0.29) is 11.2 Å². The van der Waals surface area contributed by atoms with Crippen molar-refractivity contribution in [2.45, 2.75) is 37.5 Å². The molecule has 1 aromatic carbocycles. The largest absolute Gasteiger partial charge is 0.293 e. The van der Waals surface area contributed by atoms with E-state index in [9.17, 15) is 4.79 Å². The molecule has 3 nitrogen and oxygen atoms in total. The molecule has 0 bridgehead atoms. The number of nitrogens with zero attached hydrogens (tertiary/aromatic N) is 2. The minimum absolute atomic E-state index is 0.0913. The molecule has 2 heterocycles. The highest BCUT2D eigenvalue weighted by molar-refractivity contribution is 7.99. The summed E-state index contributed by atoms with van der Waals surface area (Å²) in [6, 6.07) is 6.40. The Bertz CT molecular complexity index is 813. The molecule has 0 saturated carbocycles. The SMILES string of the molecule is CC(=O)c1cnc(C#Cc2ccc3c(c2)C(C)(C)CCS3)cn1. The molecule has 0 saturated heterocycles. The summed E-state index contributed by atoms with van der Waals surface area (Å²) in [4.78, 5) is 20.8. The Hall–Kier alpha value is -2.12. The maximum Gasteiger partial charge on any atom is 0.179 e. The Morgan fingerprint density at radius 2 is 2.04 bits per heavy atom. The zero-order valence-electron chi connectivity index (χ0n) is 13.5. The van der Waals surface area contributed by atoms with Gasteiger partial charge < -0.3 is 0 Å². The summed E-state index contributed by atoms with van der Waals surface area (Å²) in [6.07, 6.45) is 4.19. The molecule has 1 aliphatic heterocycles. The van der Waals surface area contributed by atoms with Gasteiger partial charge in [0.1, 0.15) is 11.4 Å². The minimum atomic E-state index is -0.0913. The smallest absolute Gasteiger partial charge is 0.179 e. The van der Waals surface area contributed by atoms with Gasteiger partial charge >= 0.3 is 0 Å². The van der Waals surface area contributed by atoms with Crippen molar-refractivity contribution in [3.63, 3.8) is 0 Å². The molecule has 1 aromatic heterocycles. The molecule has 0 unspecified atom stereocenters. The predicted octanol–water partition coefficient (Wildman–Crippen LogP) is 3.85. The molecule has 0 aliphatic carbocycles. The second-order valence-corrected chi connectivity index (χ2v) is 7.42. The van der Waals surface area contributed by atoms with Crippen molar-refractivity contribution in [3.05, 3.63) is 53.1 Å². The lowest BCUT2D eigenvalue weighted by atomic mass is 9.81. The molecule has 23 heavy (non-hydrogen) atoms. The highest BCUT2D eigenvalue weighted by Crippen LogP contribution is 2.41. The number of hydrogen-bond acceptors (Lipinski definition) is 4. The van der Waals surface area contributed by atoms with Crippen LogP contribution in [0.5, 0.6) is 0 Å². The first kappa shape index (κ1) is 15.8. The standard InChI is InChI=1S/C19H18N2OS/c1-13(22)17-12-20-15(11-21-17)6-4-14-5-7-18-16(10-14)19(2,3)8-9-23-18/h5,7,10-12H,8-9H2,1-3H3. The molecular weight excluding hydrogens is 304 g/mol. The molecule has 0 fully saturated rings. The van der Waals surface area contributed by atoms with Gasteiger partial charge in [0.15, 0.2) is 5.78 Å². The summed E-state index contributed by atoms with van der Waals surface area (Å²) in [6.45, 7) is 6.05. The fraction of sp³-hybridized carbons (Fsp3) is 0.316. The lowest BCUT2D eigenvalue weighted by Gasteiger charge is -2.32. The van der Waals surface area contributed by atoms with Gasteiger partial charge in [-0.25, -0.2) is 9.97 Å².